The summed E-state index contributed by atoms with van der Waals surface area (Å²) < 4.78 is 0. The van der Waals surface area contributed by atoms with E-state index in [2.05, 4.69) is 51.6 Å². The molecule has 1 aromatic carbocycles. The summed E-state index contributed by atoms with van der Waals surface area (Å²) in [5.41, 5.74) is 2.98. The lowest BCUT2D eigenvalue weighted by atomic mass is 9.86. The third kappa shape index (κ3) is 2.73. The van der Waals surface area contributed by atoms with Crippen LogP contribution in [0, 0.1) is 0 Å². The van der Waals surface area contributed by atoms with Crippen molar-refractivity contribution in [3.05, 3.63) is 48.0 Å². The van der Waals surface area contributed by atoms with Gasteiger partial charge < -0.3 is 0 Å². The minimum Gasteiger partial charge on any atom is -0.103 e. The first-order valence-corrected chi connectivity index (χ1v) is 4.74. The van der Waals surface area contributed by atoms with Crippen LogP contribution in [0.4, 0.5) is 0 Å². The smallest absolute Gasteiger partial charge is 0.0100 e. The molecule has 0 N–H and O–H groups in total. The van der Waals surface area contributed by atoms with Crippen LogP contribution in [0.3, 0.4) is 0 Å². The fraction of sp³-hybridized carbons (Fsp3) is 0.385. The molecule has 0 aliphatic carbocycles. The maximum atomic E-state index is 3.73. The molecule has 0 saturated heterocycles. The number of benzene rings is 1. The first-order valence-electron chi connectivity index (χ1n) is 4.74. The molecule has 0 aliphatic rings. The Morgan fingerprint density at radius 3 is 2.08 bits per heavy atom. The first kappa shape index (κ1) is 10.0. The van der Waals surface area contributed by atoms with Gasteiger partial charge in [-0.25, -0.2) is 0 Å². The monoisotopic (exact) mass is 174 g/mol. The van der Waals surface area contributed by atoms with Crippen LogP contribution < -0.4 is 0 Å². The van der Waals surface area contributed by atoms with Gasteiger partial charge in [-0.3, -0.25) is 0 Å². The highest BCUT2D eigenvalue weighted by molar-refractivity contribution is 5.28. The molecule has 0 unspecified atom stereocenters. The predicted molar refractivity (Wildman–Crippen MR) is 59.0 cm³/mol. The minimum atomic E-state index is 0.257. The largest absolute Gasteiger partial charge is 0.103 e. The van der Waals surface area contributed by atoms with Gasteiger partial charge in [-0.05, 0) is 23.0 Å². The molecule has 0 atom stereocenters. The van der Waals surface area contributed by atoms with E-state index in [9.17, 15) is 0 Å². The molecule has 0 nitrogen and oxygen atoms in total. The molecular weight excluding hydrogens is 156 g/mol. The summed E-state index contributed by atoms with van der Waals surface area (Å²) in [7, 11) is 0. The van der Waals surface area contributed by atoms with E-state index in [1.165, 1.54) is 11.1 Å². The standard InChI is InChI=1S/C13H18/c1-5-6-11-7-9-12(10-8-11)13(2,3)4/h5,7-10H,1,6H2,2-4H3. The molecule has 0 heterocycles. The van der Waals surface area contributed by atoms with Gasteiger partial charge in [-0.1, -0.05) is 51.1 Å². The maximum Gasteiger partial charge on any atom is -0.0100 e. The Balaban J connectivity index is 2.87. The van der Waals surface area contributed by atoms with Gasteiger partial charge in [0.05, 0.1) is 0 Å². The van der Waals surface area contributed by atoms with Crippen molar-refractivity contribution in [2.75, 3.05) is 0 Å². The summed E-state index contributed by atoms with van der Waals surface area (Å²) in [4.78, 5) is 0. The molecule has 0 spiro atoms. The average molecular weight is 174 g/mol. The number of hydrogen-bond acceptors (Lipinski definition) is 0. The van der Waals surface area contributed by atoms with Gasteiger partial charge in [-0.2, -0.15) is 0 Å². The van der Waals surface area contributed by atoms with Crippen LogP contribution in [0.1, 0.15) is 31.9 Å². The summed E-state index contributed by atoms with van der Waals surface area (Å²) in [5.74, 6) is 0. The van der Waals surface area contributed by atoms with E-state index in [-0.39, 0.29) is 5.41 Å². The fourth-order valence-corrected chi connectivity index (χ4v) is 1.31. The fourth-order valence-electron chi connectivity index (χ4n) is 1.31. The van der Waals surface area contributed by atoms with Gasteiger partial charge in [-0.15, -0.1) is 6.58 Å². The van der Waals surface area contributed by atoms with Crippen LogP contribution in [-0.4, -0.2) is 0 Å². The van der Waals surface area contributed by atoms with Crippen molar-refractivity contribution in [2.24, 2.45) is 0 Å². The van der Waals surface area contributed by atoms with Crippen molar-refractivity contribution in [3.63, 3.8) is 0 Å². The lowest BCUT2D eigenvalue weighted by Gasteiger charge is -2.18. The highest BCUT2D eigenvalue weighted by atomic mass is 14.2. The minimum absolute atomic E-state index is 0.257. The van der Waals surface area contributed by atoms with Crippen molar-refractivity contribution in [1.82, 2.24) is 0 Å². The van der Waals surface area contributed by atoms with E-state index in [0.29, 0.717) is 0 Å². The Hall–Kier alpha value is -1.04. The normalized spacial score (nSPS) is 11.3. The molecule has 0 fully saturated rings. The Labute approximate surface area is 81.3 Å². The van der Waals surface area contributed by atoms with E-state index in [0.717, 1.165) is 6.42 Å². The third-order valence-electron chi connectivity index (χ3n) is 2.20. The Bertz CT molecular complexity index is 272. The molecule has 0 bridgehead atoms. The summed E-state index contributed by atoms with van der Waals surface area (Å²) in [6.45, 7) is 10.4. The molecule has 1 rings (SSSR count). The zero-order valence-electron chi connectivity index (χ0n) is 8.80. The Kier molecular flexibility index (Phi) is 2.92. The molecule has 0 aliphatic heterocycles. The Morgan fingerprint density at radius 1 is 1.15 bits per heavy atom. The number of hydrogen-bond donors (Lipinski definition) is 0. The zero-order valence-corrected chi connectivity index (χ0v) is 8.80. The van der Waals surface area contributed by atoms with Crippen LogP contribution in [0.2, 0.25) is 0 Å². The second kappa shape index (κ2) is 3.78. The topological polar surface area (TPSA) is 0 Å². The second-order valence-electron chi connectivity index (χ2n) is 4.44. The molecule has 1 aromatic rings. The van der Waals surface area contributed by atoms with Crippen LogP contribution in [0.5, 0.6) is 0 Å². The summed E-state index contributed by atoms with van der Waals surface area (Å²) in [5, 5.41) is 0. The predicted octanol–water partition coefficient (Wildman–Crippen LogP) is 3.71. The molecule has 0 saturated carbocycles. The SMILES string of the molecule is C=CCc1ccc(C(C)(C)C)cc1. The van der Waals surface area contributed by atoms with Gasteiger partial charge in [0, 0.05) is 0 Å². The summed E-state index contributed by atoms with van der Waals surface area (Å²) >= 11 is 0. The van der Waals surface area contributed by atoms with Crippen molar-refractivity contribution in [3.8, 4) is 0 Å². The number of allylic oxidation sites excluding steroid dienone is 1. The lowest BCUT2D eigenvalue weighted by Crippen LogP contribution is -2.10. The van der Waals surface area contributed by atoms with Gasteiger partial charge in [0.2, 0.25) is 0 Å². The molecule has 0 radical (unpaired) electrons. The molecular formula is C13H18. The van der Waals surface area contributed by atoms with E-state index in [4.69, 9.17) is 0 Å². The van der Waals surface area contributed by atoms with Crippen molar-refractivity contribution >= 4 is 0 Å². The summed E-state index contributed by atoms with van der Waals surface area (Å²) in [6, 6.07) is 8.78. The molecule has 0 amide bonds. The van der Waals surface area contributed by atoms with Crippen LogP contribution in [0.25, 0.3) is 0 Å². The van der Waals surface area contributed by atoms with Gasteiger partial charge in [0.25, 0.3) is 0 Å². The second-order valence-corrected chi connectivity index (χ2v) is 4.44. The first-order chi connectivity index (χ1) is 6.04. The van der Waals surface area contributed by atoms with Gasteiger partial charge in [0.1, 0.15) is 0 Å². The molecule has 0 heteroatoms. The van der Waals surface area contributed by atoms with Crippen LogP contribution >= 0.6 is 0 Å². The lowest BCUT2D eigenvalue weighted by molar-refractivity contribution is 0.590. The van der Waals surface area contributed by atoms with Crippen molar-refractivity contribution in [2.45, 2.75) is 32.6 Å². The van der Waals surface area contributed by atoms with E-state index in [1.54, 1.807) is 0 Å². The van der Waals surface area contributed by atoms with E-state index < -0.39 is 0 Å². The average Bonchev–Trinajstić information content (AvgIpc) is 2.04. The van der Waals surface area contributed by atoms with Crippen molar-refractivity contribution < 1.29 is 0 Å². The van der Waals surface area contributed by atoms with Crippen molar-refractivity contribution in [1.29, 1.82) is 0 Å². The highest BCUT2D eigenvalue weighted by Crippen LogP contribution is 2.22. The maximum absolute atomic E-state index is 3.73. The quantitative estimate of drug-likeness (QED) is 0.599. The van der Waals surface area contributed by atoms with Gasteiger partial charge in [0.15, 0.2) is 0 Å². The Morgan fingerprint density at radius 2 is 1.69 bits per heavy atom. The zero-order chi connectivity index (χ0) is 9.90. The molecule has 13 heavy (non-hydrogen) atoms. The number of rotatable bonds is 2. The van der Waals surface area contributed by atoms with Crippen LogP contribution in [-0.2, 0) is 11.8 Å². The van der Waals surface area contributed by atoms with Gasteiger partial charge >= 0.3 is 0 Å². The highest BCUT2D eigenvalue weighted by Gasteiger charge is 2.12. The third-order valence-corrected chi connectivity index (χ3v) is 2.20. The van der Waals surface area contributed by atoms with E-state index >= 15 is 0 Å². The molecule has 0 aromatic heterocycles. The van der Waals surface area contributed by atoms with Crippen LogP contribution in [0.15, 0.2) is 36.9 Å². The summed E-state index contributed by atoms with van der Waals surface area (Å²) in [6.07, 6.45) is 2.90. The molecule has 70 valence electrons. The van der Waals surface area contributed by atoms with E-state index in [1.807, 2.05) is 6.08 Å².